The molecule has 0 radical (unpaired) electrons. The molecule has 4 heteroatoms. The van der Waals surface area contributed by atoms with E-state index in [4.69, 9.17) is 4.74 Å². The van der Waals surface area contributed by atoms with E-state index in [1.807, 2.05) is 30.3 Å². The van der Waals surface area contributed by atoms with Crippen LogP contribution in [-0.4, -0.2) is 24.4 Å². The fourth-order valence-electron chi connectivity index (χ4n) is 1.72. The molecule has 1 aromatic rings. The first kappa shape index (κ1) is 15.5. The summed E-state index contributed by atoms with van der Waals surface area (Å²) in [5, 5.41) is 12.4. The SMILES string of the molecule is CCCCCCOC(=O)NC[C@H](O)c1ccccc1. The van der Waals surface area contributed by atoms with Crippen molar-refractivity contribution >= 4 is 6.09 Å². The Kier molecular flexibility index (Phi) is 7.66. The van der Waals surface area contributed by atoms with E-state index in [-0.39, 0.29) is 6.54 Å². The lowest BCUT2D eigenvalue weighted by atomic mass is 10.1. The molecule has 0 aliphatic carbocycles. The van der Waals surface area contributed by atoms with Crippen molar-refractivity contribution in [3.05, 3.63) is 35.9 Å². The number of carbonyl (C=O) groups excluding carboxylic acids is 1. The maximum Gasteiger partial charge on any atom is 0.407 e. The van der Waals surface area contributed by atoms with Crippen LogP contribution in [0.1, 0.15) is 44.3 Å². The van der Waals surface area contributed by atoms with Gasteiger partial charge in [-0.05, 0) is 12.0 Å². The van der Waals surface area contributed by atoms with Gasteiger partial charge in [0.05, 0.1) is 19.3 Å². The van der Waals surface area contributed by atoms with Gasteiger partial charge in [-0.1, -0.05) is 56.5 Å². The van der Waals surface area contributed by atoms with E-state index in [1.54, 1.807) is 0 Å². The highest BCUT2D eigenvalue weighted by Gasteiger charge is 2.09. The molecule has 0 aliphatic heterocycles. The van der Waals surface area contributed by atoms with Gasteiger partial charge in [-0.3, -0.25) is 0 Å². The molecule has 0 aliphatic rings. The summed E-state index contributed by atoms with van der Waals surface area (Å²) in [5.41, 5.74) is 0.783. The Balaban J connectivity index is 2.13. The van der Waals surface area contributed by atoms with Crippen LogP contribution in [0.15, 0.2) is 30.3 Å². The van der Waals surface area contributed by atoms with Gasteiger partial charge in [0.1, 0.15) is 0 Å². The molecule has 106 valence electrons. The van der Waals surface area contributed by atoms with Crippen molar-refractivity contribution in [2.45, 2.75) is 38.7 Å². The first-order chi connectivity index (χ1) is 9.24. The fraction of sp³-hybridized carbons (Fsp3) is 0.533. The van der Waals surface area contributed by atoms with Crippen molar-refractivity contribution in [1.29, 1.82) is 0 Å². The van der Waals surface area contributed by atoms with Gasteiger partial charge in [0, 0.05) is 0 Å². The zero-order valence-electron chi connectivity index (χ0n) is 11.5. The summed E-state index contributed by atoms with van der Waals surface area (Å²) >= 11 is 0. The summed E-state index contributed by atoms with van der Waals surface area (Å²) in [4.78, 5) is 11.4. The average molecular weight is 265 g/mol. The molecule has 1 rings (SSSR count). The second-order valence-corrected chi connectivity index (χ2v) is 4.50. The van der Waals surface area contributed by atoms with Gasteiger partial charge in [-0.2, -0.15) is 0 Å². The molecule has 19 heavy (non-hydrogen) atoms. The highest BCUT2D eigenvalue weighted by molar-refractivity contribution is 5.67. The number of alkyl carbamates (subject to hydrolysis) is 1. The van der Waals surface area contributed by atoms with Gasteiger partial charge >= 0.3 is 6.09 Å². The minimum absolute atomic E-state index is 0.164. The third-order valence-electron chi connectivity index (χ3n) is 2.86. The van der Waals surface area contributed by atoms with Gasteiger partial charge in [-0.15, -0.1) is 0 Å². The van der Waals surface area contributed by atoms with Crippen LogP contribution >= 0.6 is 0 Å². The number of carbonyl (C=O) groups is 1. The number of rotatable bonds is 8. The molecule has 1 aromatic carbocycles. The average Bonchev–Trinajstić information content (AvgIpc) is 2.45. The molecular formula is C15H23NO3. The molecule has 2 N–H and O–H groups in total. The summed E-state index contributed by atoms with van der Waals surface area (Å²) < 4.78 is 5.01. The van der Waals surface area contributed by atoms with Crippen LogP contribution in [0.4, 0.5) is 4.79 Å². The highest BCUT2D eigenvalue weighted by Crippen LogP contribution is 2.10. The third kappa shape index (κ3) is 6.82. The van der Waals surface area contributed by atoms with E-state index in [0.29, 0.717) is 6.61 Å². The summed E-state index contributed by atoms with van der Waals surface area (Å²) in [7, 11) is 0. The molecule has 0 heterocycles. The highest BCUT2D eigenvalue weighted by atomic mass is 16.5. The molecule has 0 unspecified atom stereocenters. The largest absolute Gasteiger partial charge is 0.450 e. The number of hydrogen-bond acceptors (Lipinski definition) is 3. The Morgan fingerprint density at radius 3 is 2.68 bits per heavy atom. The predicted octanol–water partition coefficient (Wildman–Crippen LogP) is 3.03. The quantitative estimate of drug-likeness (QED) is 0.710. The van der Waals surface area contributed by atoms with Crippen LogP contribution in [-0.2, 0) is 4.74 Å². The summed E-state index contributed by atoms with van der Waals surface area (Å²) in [6.07, 6.45) is 3.13. The van der Waals surface area contributed by atoms with E-state index in [1.165, 1.54) is 0 Å². The van der Waals surface area contributed by atoms with Crippen LogP contribution in [0.2, 0.25) is 0 Å². The van der Waals surface area contributed by atoms with E-state index in [2.05, 4.69) is 12.2 Å². The number of benzene rings is 1. The zero-order valence-corrected chi connectivity index (χ0v) is 11.5. The Bertz CT molecular complexity index is 354. The lowest BCUT2D eigenvalue weighted by Gasteiger charge is -2.12. The van der Waals surface area contributed by atoms with Crippen LogP contribution in [0.3, 0.4) is 0 Å². The van der Waals surface area contributed by atoms with Crippen molar-refractivity contribution in [1.82, 2.24) is 5.32 Å². The number of aliphatic hydroxyl groups is 1. The standard InChI is InChI=1S/C15H23NO3/c1-2-3-4-8-11-19-15(18)16-12-14(17)13-9-6-5-7-10-13/h5-7,9-10,14,17H,2-4,8,11-12H2,1H3,(H,16,18)/t14-/m0/s1. The Labute approximate surface area is 114 Å². The Morgan fingerprint density at radius 1 is 1.26 bits per heavy atom. The van der Waals surface area contributed by atoms with Gasteiger partial charge in [0.2, 0.25) is 0 Å². The first-order valence-electron chi connectivity index (χ1n) is 6.87. The maximum absolute atomic E-state index is 11.4. The number of nitrogens with one attached hydrogen (secondary N) is 1. The summed E-state index contributed by atoms with van der Waals surface area (Å²) in [5.74, 6) is 0. The number of hydrogen-bond donors (Lipinski definition) is 2. The second-order valence-electron chi connectivity index (χ2n) is 4.50. The molecule has 1 atom stereocenters. The lowest BCUT2D eigenvalue weighted by molar-refractivity contribution is 0.129. The normalized spacial score (nSPS) is 11.9. The predicted molar refractivity (Wildman–Crippen MR) is 74.9 cm³/mol. The lowest BCUT2D eigenvalue weighted by Crippen LogP contribution is -2.29. The topological polar surface area (TPSA) is 58.6 Å². The Hall–Kier alpha value is -1.55. The molecule has 0 fully saturated rings. The van der Waals surface area contributed by atoms with Gasteiger partial charge in [-0.25, -0.2) is 4.79 Å². The van der Waals surface area contributed by atoms with Crippen LogP contribution < -0.4 is 5.32 Å². The second kappa shape index (κ2) is 9.39. The van der Waals surface area contributed by atoms with Crippen molar-refractivity contribution in [2.24, 2.45) is 0 Å². The molecule has 0 aromatic heterocycles. The first-order valence-corrected chi connectivity index (χ1v) is 6.87. The smallest absolute Gasteiger partial charge is 0.407 e. The summed E-state index contributed by atoms with van der Waals surface area (Å²) in [6, 6.07) is 9.23. The van der Waals surface area contributed by atoms with Crippen molar-refractivity contribution in [3.63, 3.8) is 0 Å². The Morgan fingerprint density at radius 2 is 2.00 bits per heavy atom. The molecule has 0 saturated heterocycles. The number of ether oxygens (including phenoxy) is 1. The van der Waals surface area contributed by atoms with E-state index < -0.39 is 12.2 Å². The van der Waals surface area contributed by atoms with Gasteiger partial charge in [0.25, 0.3) is 0 Å². The molecule has 4 nitrogen and oxygen atoms in total. The molecule has 0 spiro atoms. The molecule has 1 amide bonds. The minimum atomic E-state index is -0.700. The molecular weight excluding hydrogens is 242 g/mol. The fourth-order valence-corrected chi connectivity index (χ4v) is 1.72. The van der Waals surface area contributed by atoms with Crippen LogP contribution in [0.25, 0.3) is 0 Å². The molecule has 0 saturated carbocycles. The minimum Gasteiger partial charge on any atom is -0.450 e. The van der Waals surface area contributed by atoms with Crippen LogP contribution in [0, 0.1) is 0 Å². The monoisotopic (exact) mass is 265 g/mol. The summed E-state index contributed by atoms with van der Waals surface area (Å²) in [6.45, 7) is 2.74. The van der Waals surface area contributed by atoms with Crippen molar-refractivity contribution in [2.75, 3.05) is 13.2 Å². The third-order valence-corrected chi connectivity index (χ3v) is 2.86. The number of unbranched alkanes of at least 4 members (excludes halogenated alkanes) is 3. The van der Waals surface area contributed by atoms with Gasteiger partial charge < -0.3 is 15.2 Å². The van der Waals surface area contributed by atoms with E-state index in [0.717, 1.165) is 31.2 Å². The number of aliphatic hydroxyl groups excluding tert-OH is 1. The number of amides is 1. The van der Waals surface area contributed by atoms with Crippen LogP contribution in [0.5, 0.6) is 0 Å². The van der Waals surface area contributed by atoms with Gasteiger partial charge in [0.15, 0.2) is 0 Å². The van der Waals surface area contributed by atoms with E-state index in [9.17, 15) is 9.90 Å². The van der Waals surface area contributed by atoms with Crippen molar-refractivity contribution in [3.8, 4) is 0 Å². The van der Waals surface area contributed by atoms with E-state index >= 15 is 0 Å². The zero-order chi connectivity index (χ0) is 13.9. The maximum atomic E-state index is 11.4. The molecule has 0 bridgehead atoms. The van der Waals surface area contributed by atoms with Crippen molar-refractivity contribution < 1.29 is 14.6 Å².